The van der Waals surface area contributed by atoms with Gasteiger partial charge in [-0.1, -0.05) is 13.0 Å². The summed E-state index contributed by atoms with van der Waals surface area (Å²) < 4.78 is 7.27. The molecule has 1 aromatic heterocycles. The number of carbonyl (C=O) groups excluding carboxylic acids is 4. The van der Waals surface area contributed by atoms with Crippen molar-refractivity contribution in [2.45, 2.75) is 46.6 Å². The molecule has 0 aliphatic carbocycles. The fourth-order valence-corrected chi connectivity index (χ4v) is 3.58. The lowest BCUT2D eigenvalue weighted by molar-refractivity contribution is -0.121. The first-order valence-electron chi connectivity index (χ1n) is 9.66. The van der Waals surface area contributed by atoms with Crippen molar-refractivity contribution in [3.63, 3.8) is 0 Å². The van der Waals surface area contributed by atoms with Crippen LogP contribution in [0.2, 0.25) is 0 Å². The molecule has 1 fully saturated rings. The van der Waals surface area contributed by atoms with Crippen LogP contribution in [0.5, 0.6) is 0 Å². The summed E-state index contributed by atoms with van der Waals surface area (Å²) in [6, 6.07) is 7.93. The molecule has 0 saturated carbocycles. The molecular weight excluding hydrogens is 372 g/mol. The summed E-state index contributed by atoms with van der Waals surface area (Å²) in [5.74, 6) is -1.53. The second-order valence-corrected chi connectivity index (χ2v) is 7.11. The maximum Gasteiger partial charge on any atom is 0.338 e. The highest BCUT2D eigenvalue weighted by atomic mass is 16.5. The van der Waals surface area contributed by atoms with Crippen LogP contribution in [0.1, 0.15) is 58.3 Å². The third kappa shape index (κ3) is 4.13. The number of rotatable bonds is 7. The van der Waals surface area contributed by atoms with Crippen molar-refractivity contribution >= 4 is 29.3 Å². The Morgan fingerprint density at radius 1 is 1.07 bits per heavy atom. The van der Waals surface area contributed by atoms with Gasteiger partial charge >= 0.3 is 5.97 Å². The first-order valence-corrected chi connectivity index (χ1v) is 9.66. The van der Waals surface area contributed by atoms with Crippen LogP contribution in [0.4, 0.5) is 5.69 Å². The van der Waals surface area contributed by atoms with Gasteiger partial charge in [-0.3, -0.25) is 19.3 Å². The lowest BCUT2D eigenvalue weighted by Crippen LogP contribution is -2.28. The number of aryl methyl sites for hydroxylation is 1. The van der Waals surface area contributed by atoms with Gasteiger partial charge in [0.15, 0.2) is 6.61 Å². The maximum absolute atomic E-state index is 12.5. The van der Waals surface area contributed by atoms with E-state index in [-0.39, 0.29) is 42.6 Å². The van der Waals surface area contributed by atoms with Gasteiger partial charge in [-0.25, -0.2) is 4.79 Å². The average molecular weight is 396 g/mol. The van der Waals surface area contributed by atoms with Gasteiger partial charge in [-0.2, -0.15) is 0 Å². The molecule has 2 aromatic rings. The second kappa shape index (κ2) is 8.43. The van der Waals surface area contributed by atoms with Crippen molar-refractivity contribution in [3.05, 3.63) is 52.8 Å². The molecule has 1 aliphatic rings. The highest BCUT2D eigenvalue weighted by Gasteiger charge is 2.30. The number of esters is 1. The van der Waals surface area contributed by atoms with Crippen LogP contribution < -0.4 is 4.90 Å². The van der Waals surface area contributed by atoms with Crippen LogP contribution >= 0.6 is 0 Å². The molecule has 0 N–H and O–H groups in total. The van der Waals surface area contributed by atoms with Gasteiger partial charge in [0.2, 0.25) is 17.6 Å². The van der Waals surface area contributed by atoms with Crippen molar-refractivity contribution in [1.29, 1.82) is 0 Å². The van der Waals surface area contributed by atoms with Gasteiger partial charge in [-0.05, 0) is 44.5 Å². The molecule has 2 heterocycles. The monoisotopic (exact) mass is 396 g/mol. The van der Waals surface area contributed by atoms with Crippen molar-refractivity contribution in [1.82, 2.24) is 4.57 Å². The number of benzene rings is 1. The number of Topliss-reactive ketones (excluding diaryl/α,β-unsaturated/α-hetero) is 1. The number of ketones is 1. The predicted octanol–water partition coefficient (Wildman–Crippen LogP) is 3.21. The number of amides is 2. The number of carbonyl (C=O) groups is 4. The number of hydrogen-bond acceptors (Lipinski definition) is 5. The Hall–Kier alpha value is -3.22. The third-order valence-electron chi connectivity index (χ3n) is 5.05. The summed E-state index contributed by atoms with van der Waals surface area (Å²) in [5.41, 5.74) is 2.91. The summed E-state index contributed by atoms with van der Waals surface area (Å²) in [6.45, 7) is 6.34. The molecular formula is C22H24N2O5. The Morgan fingerprint density at radius 3 is 2.41 bits per heavy atom. The van der Waals surface area contributed by atoms with E-state index in [9.17, 15) is 19.2 Å². The minimum absolute atomic E-state index is 0.165. The largest absolute Gasteiger partial charge is 0.454 e. The lowest BCUT2D eigenvalue weighted by atomic mass is 10.1. The normalized spacial score (nSPS) is 13.8. The number of ether oxygens (including phenoxy) is 1. The molecule has 0 atom stereocenters. The minimum atomic E-state index is -0.679. The summed E-state index contributed by atoms with van der Waals surface area (Å²) in [7, 11) is 0. The maximum atomic E-state index is 12.5. The van der Waals surface area contributed by atoms with Gasteiger partial charge in [0.25, 0.3) is 0 Å². The van der Waals surface area contributed by atoms with E-state index in [1.807, 2.05) is 19.9 Å². The van der Waals surface area contributed by atoms with Gasteiger partial charge in [0.1, 0.15) is 0 Å². The Labute approximate surface area is 169 Å². The van der Waals surface area contributed by atoms with E-state index in [4.69, 9.17) is 4.74 Å². The predicted molar refractivity (Wildman–Crippen MR) is 107 cm³/mol. The lowest BCUT2D eigenvalue weighted by Gasteiger charge is -2.14. The van der Waals surface area contributed by atoms with Crippen LogP contribution in [0.3, 0.4) is 0 Å². The summed E-state index contributed by atoms with van der Waals surface area (Å²) >= 11 is 0. The standard InChI is InChI=1S/C22H24N2O5/c1-4-10-23-14(2)11-18(15(23)3)19(25)13-29-22(28)16-6-5-7-17(12-16)24-20(26)8-9-21(24)27/h5-7,11-12H,4,8-10,13H2,1-3H3. The molecule has 1 aliphatic heterocycles. The zero-order chi connectivity index (χ0) is 21.1. The van der Waals surface area contributed by atoms with E-state index in [0.717, 1.165) is 29.3 Å². The fourth-order valence-electron chi connectivity index (χ4n) is 3.58. The number of aromatic nitrogens is 1. The SMILES string of the molecule is CCCn1c(C)cc(C(=O)COC(=O)c2cccc(N3C(=O)CCC3=O)c2)c1C. The van der Waals surface area contributed by atoms with Crippen LogP contribution in [0.25, 0.3) is 0 Å². The third-order valence-corrected chi connectivity index (χ3v) is 5.05. The summed E-state index contributed by atoms with van der Waals surface area (Å²) in [5, 5.41) is 0. The molecule has 1 aromatic carbocycles. The fraction of sp³-hybridized carbons (Fsp3) is 0.364. The Morgan fingerprint density at radius 2 is 1.76 bits per heavy atom. The molecule has 1 saturated heterocycles. The first kappa shape index (κ1) is 20.5. The highest BCUT2D eigenvalue weighted by Crippen LogP contribution is 2.24. The van der Waals surface area contributed by atoms with E-state index in [1.54, 1.807) is 12.1 Å². The molecule has 0 spiro atoms. The van der Waals surface area contributed by atoms with Gasteiger partial charge in [0.05, 0.1) is 11.3 Å². The minimum Gasteiger partial charge on any atom is -0.454 e. The Kier molecular flexibility index (Phi) is 5.96. The van der Waals surface area contributed by atoms with Crippen LogP contribution in [-0.4, -0.2) is 34.7 Å². The second-order valence-electron chi connectivity index (χ2n) is 7.11. The zero-order valence-electron chi connectivity index (χ0n) is 16.9. The topological polar surface area (TPSA) is 85.7 Å². The van der Waals surface area contributed by atoms with Gasteiger partial charge in [0, 0.05) is 36.3 Å². The molecule has 3 rings (SSSR count). The number of anilines is 1. The molecule has 7 nitrogen and oxygen atoms in total. The molecule has 2 amide bonds. The summed E-state index contributed by atoms with van der Waals surface area (Å²) in [6.07, 6.45) is 1.29. The smallest absolute Gasteiger partial charge is 0.338 e. The van der Waals surface area contributed by atoms with E-state index >= 15 is 0 Å². The van der Waals surface area contributed by atoms with Crippen molar-refractivity contribution in [2.24, 2.45) is 0 Å². The average Bonchev–Trinajstić information content (AvgIpc) is 3.19. The summed E-state index contributed by atoms with van der Waals surface area (Å²) in [4.78, 5) is 49.8. The molecule has 7 heteroatoms. The Balaban J connectivity index is 1.69. The molecule has 29 heavy (non-hydrogen) atoms. The number of hydrogen-bond donors (Lipinski definition) is 0. The Bertz CT molecular complexity index is 973. The van der Waals surface area contributed by atoms with E-state index in [2.05, 4.69) is 11.5 Å². The van der Waals surface area contributed by atoms with E-state index in [1.165, 1.54) is 12.1 Å². The van der Waals surface area contributed by atoms with Gasteiger partial charge < -0.3 is 9.30 Å². The molecule has 0 radical (unpaired) electrons. The van der Waals surface area contributed by atoms with Crippen LogP contribution in [0.15, 0.2) is 30.3 Å². The molecule has 0 bridgehead atoms. The van der Waals surface area contributed by atoms with Crippen molar-refractivity contribution in [2.75, 3.05) is 11.5 Å². The molecule has 0 unspecified atom stereocenters. The van der Waals surface area contributed by atoms with Crippen molar-refractivity contribution in [3.8, 4) is 0 Å². The van der Waals surface area contributed by atoms with Crippen molar-refractivity contribution < 1.29 is 23.9 Å². The van der Waals surface area contributed by atoms with Crippen LogP contribution in [0, 0.1) is 13.8 Å². The van der Waals surface area contributed by atoms with Crippen LogP contribution in [-0.2, 0) is 20.9 Å². The zero-order valence-corrected chi connectivity index (χ0v) is 16.9. The van der Waals surface area contributed by atoms with E-state index in [0.29, 0.717) is 11.3 Å². The van der Waals surface area contributed by atoms with Gasteiger partial charge in [-0.15, -0.1) is 0 Å². The number of nitrogens with zero attached hydrogens (tertiary/aromatic N) is 2. The highest BCUT2D eigenvalue weighted by molar-refractivity contribution is 6.20. The number of imide groups is 1. The van der Waals surface area contributed by atoms with E-state index < -0.39 is 5.97 Å². The molecule has 152 valence electrons. The first-order chi connectivity index (χ1) is 13.8. The quantitative estimate of drug-likeness (QED) is 0.408.